The van der Waals surface area contributed by atoms with Gasteiger partial charge in [0.2, 0.25) is 0 Å². The van der Waals surface area contributed by atoms with Crippen molar-refractivity contribution in [2.24, 2.45) is 10.9 Å². The van der Waals surface area contributed by atoms with Crippen molar-refractivity contribution >= 4 is 29.9 Å². The molecule has 2 aliphatic rings. The summed E-state index contributed by atoms with van der Waals surface area (Å²) < 4.78 is 5.63. The van der Waals surface area contributed by atoms with Crippen LogP contribution in [0.2, 0.25) is 0 Å². The van der Waals surface area contributed by atoms with E-state index < -0.39 is 5.60 Å². The zero-order valence-corrected chi connectivity index (χ0v) is 16.8. The molecule has 23 heavy (non-hydrogen) atoms. The number of hydrogen-bond acceptors (Lipinski definition) is 3. The van der Waals surface area contributed by atoms with Gasteiger partial charge in [-0.2, -0.15) is 0 Å². The first-order chi connectivity index (χ1) is 10.7. The van der Waals surface area contributed by atoms with E-state index in [1.165, 1.54) is 19.3 Å². The van der Waals surface area contributed by atoms with Crippen LogP contribution < -0.4 is 10.6 Å². The minimum Gasteiger partial charge on any atom is -0.388 e. The van der Waals surface area contributed by atoms with Gasteiger partial charge >= 0.3 is 0 Å². The van der Waals surface area contributed by atoms with Crippen LogP contribution >= 0.6 is 24.0 Å². The second kappa shape index (κ2) is 11.5. The number of halogens is 1. The van der Waals surface area contributed by atoms with Crippen molar-refractivity contribution in [3.05, 3.63) is 0 Å². The van der Waals surface area contributed by atoms with E-state index in [1.807, 2.05) is 0 Å². The Morgan fingerprint density at radius 1 is 1.22 bits per heavy atom. The van der Waals surface area contributed by atoms with Crippen molar-refractivity contribution in [1.29, 1.82) is 0 Å². The Balaban J connectivity index is 0.00000264. The number of hydrogen-bond donors (Lipinski definition) is 3. The summed E-state index contributed by atoms with van der Waals surface area (Å²) in [6, 6.07) is 0. The first-order valence-corrected chi connectivity index (χ1v) is 9.04. The summed E-state index contributed by atoms with van der Waals surface area (Å²) in [6.45, 7) is 6.00. The minimum absolute atomic E-state index is 0. The summed E-state index contributed by atoms with van der Waals surface area (Å²) in [5.41, 5.74) is -0.589. The highest BCUT2D eigenvalue weighted by Gasteiger charge is 2.28. The molecule has 2 aliphatic carbocycles. The summed E-state index contributed by atoms with van der Waals surface area (Å²) in [7, 11) is 0. The van der Waals surface area contributed by atoms with Gasteiger partial charge in [-0.3, -0.25) is 4.99 Å². The van der Waals surface area contributed by atoms with Crippen LogP contribution in [-0.4, -0.2) is 49.5 Å². The number of nitrogens with zero attached hydrogens (tertiary/aromatic N) is 1. The van der Waals surface area contributed by atoms with E-state index in [1.54, 1.807) is 0 Å². The van der Waals surface area contributed by atoms with Crippen LogP contribution in [0.5, 0.6) is 0 Å². The van der Waals surface area contributed by atoms with Crippen LogP contribution in [0.25, 0.3) is 0 Å². The highest BCUT2D eigenvalue weighted by atomic mass is 127. The van der Waals surface area contributed by atoms with Crippen LogP contribution in [0, 0.1) is 5.92 Å². The molecule has 2 fully saturated rings. The molecule has 0 saturated heterocycles. The second-order valence-corrected chi connectivity index (χ2v) is 6.78. The Morgan fingerprint density at radius 3 is 2.61 bits per heavy atom. The van der Waals surface area contributed by atoms with Crippen LogP contribution in [0.3, 0.4) is 0 Å². The van der Waals surface area contributed by atoms with Gasteiger partial charge in [-0.05, 0) is 44.9 Å². The molecule has 0 unspecified atom stereocenters. The number of rotatable bonds is 9. The molecule has 0 radical (unpaired) electrons. The third-order valence-corrected chi connectivity index (χ3v) is 4.47. The maximum Gasteiger partial charge on any atom is 0.191 e. The number of nitrogens with one attached hydrogen (secondary N) is 2. The monoisotopic (exact) mass is 439 g/mol. The van der Waals surface area contributed by atoms with E-state index in [2.05, 4.69) is 22.5 Å². The molecule has 2 saturated carbocycles. The van der Waals surface area contributed by atoms with E-state index in [0.717, 1.165) is 70.3 Å². The first kappa shape index (κ1) is 21.0. The molecule has 0 heterocycles. The van der Waals surface area contributed by atoms with Crippen LogP contribution in [0.1, 0.15) is 58.3 Å². The van der Waals surface area contributed by atoms with E-state index in [4.69, 9.17) is 4.74 Å². The number of aliphatic hydroxyl groups is 1. The predicted octanol–water partition coefficient (Wildman–Crippen LogP) is 2.67. The summed E-state index contributed by atoms with van der Waals surface area (Å²) >= 11 is 0. The SMILES string of the molecule is CCNC(=NCC1(O)CCCCC1)NCCCOCC1CC1.I. The fraction of sp³-hybridized carbons (Fsp3) is 0.941. The van der Waals surface area contributed by atoms with Crippen molar-refractivity contribution in [2.45, 2.75) is 63.9 Å². The fourth-order valence-corrected chi connectivity index (χ4v) is 2.85. The Hall–Kier alpha value is -0.0800. The van der Waals surface area contributed by atoms with E-state index in [9.17, 15) is 5.11 Å². The lowest BCUT2D eigenvalue weighted by atomic mass is 9.85. The van der Waals surface area contributed by atoms with Crippen molar-refractivity contribution in [3.63, 3.8) is 0 Å². The molecular weight excluding hydrogens is 405 g/mol. The van der Waals surface area contributed by atoms with Crippen molar-refractivity contribution in [2.75, 3.05) is 32.8 Å². The predicted molar refractivity (Wildman–Crippen MR) is 106 cm³/mol. The Morgan fingerprint density at radius 2 is 1.96 bits per heavy atom. The van der Waals surface area contributed by atoms with Crippen LogP contribution in [0.15, 0.2) is 4.99 Å². The van der Waals surface area contributed by atoms with Gasteiger partial charge in [-0.15, -0.1) is 24.0 Å². The lowest BCUT2D eigenvalue weighted by molar-refractivity contribution is 0.0131. The standard InChI is InChI=1S/C17H33N3O2.HI/c1-2-18-16(19-11-6-12-22-13-15-7-8-15)20-14-17(21)9-4-3-5-10-17;/h15,21H,2-14H2,1H3,(H2,18,19,20);1H. The molecule has 2 rings (SSSR count). The maximum absolute atomic E-state index is 10.5. The van der Waals surface area contributed by atoms with Gasteiger partial charge < -0.3 is 20.5 Å². The van der Waals surface area contributed by atoms with Gasteiger partial charge in [0.25, 0.3) is 0 Å². The zero-order chi connectivity index (χ0) is 15.7. The zero-order valence-electron chi connectivity index (χ0n) is 14.5. The van der Waals surface area contributed by atoms with E-state index in [-0.39, 0.29) is 24.0 Å². The van der Waals surface area contributed by atoms with Crippen molar-refractivity contribution in [1.82, 2.24) is 10.6 Å². The highest BCUT2D eigenvalue weighted by molar-refractivity contribution is 14.0. The molecule has 0 aliphatic heterocycles. The second-order valence-electron chi connectivity index (χ2n) is 6.78. The van der Waals surface area contributed by atoms with Crippen molar-refractivity contribution < 1.29 is 9.84 Å². The minimum atomic E-state index is -0.589. The Bertz CT molecular complexity index is 343. The molecule has 0 aromatic carbocycles. The largest absolute Gasteiger partial charge is 0.388 e. The van der Waals surface area contributed by atoms with Gasteiger partial charge in [-0.25, -0.2) is 0 Å². The van der Waals surface area contributed by atoms with Gasteiger partial charge in [0, 0.05) is 26.3 Å². The molecule has 6 heteroatoms. The molecule has 5 nitrogen and oxygen atoms in total. The average Bonchev–Trinajstić information content (AvgIpc) is 3.33. The van der Waals surface area contributed by atoms with E-state index in [0.29, 0.717) is 6.54 Å². The molecule has 0 aromatic rings. The molecule has 136 valence electrons. The van der Waals surface area contributed by atoms with E-state index >= 15 is 0 Å². The topological polar surface area (TPSA) is 65.9 Å². The van der Waals surface area contributed by atoms with Crippen LogP contribution in [-0.2, 0) is 4.74 Å². The summed E-state index contributed by atoms with van der Waals surface area (Å²) in [5.74, 6) is 1.65. The third kappa shape index (κ3) is 9.10. The molecular formula is C17H34IN3O2. The normalized spacial score (nSPS) is 20.7. The summed E-state index contributed by atoms with van der Waals surface area (Å²) in [4.78, 5) is 4.57. The molecule has 0 atom stereocenters. The Kier molecular flexibility index (Phi) is 10.5. The summed E-state index contributed by atoms with van der Waals surface area (Å²) in [6.07, 6.45) is 8.92. The highest BCUT2D eigenvalue weighted by Crippen LogP contribution is 2.29. The van der Waals surface area contributed by atoms with Crippen LogP contribution in [0.4, 0.5) is 0 Å². The lowest BCUT2D eigenvalue weighted by Gasteiger charge is -2.30. The third-order valence-electron chi connectivity index (χ3n) is 4.47. The molecule has 3 N–H and O–H groups in total. The van der Waals surface area contributed by atoms with Gasteiger partial charge in [0.1, 0.15) is 0 Å². The quantitative estimate of drug-likeness (QED) is 0.224. The van der Waals surface area contributed by atoms with Crippen molar-refractivity contribution in [3.8, 4) is 0 Å². The maximum atomic E-state index is 10.5. The van der Waals surface area contributed by atoms with Gasteiger partial charge in [-0.1, -0.05) is 19.3 Å². The number of guanidine groups is 1. The summed E-state index contributed by atoms with van der Waals surface area (Å²) in [5, 5.41) is 17.1. The molecule has 0 aromatic heterocycles. The lowest BCUT2D eigenvalue weighted by Crippen LogP contribution is -2.41. The fourth-order valence-electron chi connectivity index (χ4n) is 2.85. The Labute approximate surface area is 158 Å². The van der Waals surface area contributed by atoms with Gasteiger partial charge in [0.05, 0.1) is 12.1 Å². The molecule has 0 bridgehead atoms. The van der Waals surface area contributed by atoms with Gasteiger partial charge in [0.15, 0.2) is 5.96 Å². The molecule has 0 spiro atoms. The number of aliphatic imine (C=N–C) groups is 1. The molecule has 0 amide bonds. The first-order valence-electron chi connectivity index (χ1n) is 9.04. The average molecular weight is 439 g/mol. The number of ether oxygens (including phenoxy) is 1. The smallest absolute Gasteiger partial charge is 0.191 e.